The molecule has 0 saturated carbocycles. The van der Waals surface area contributed by atoms with Crippen molar-refractivity contribution in [3.8, 4) is 0 Å². The Hall–Kier alpha value is -1.10. The van der Waals surface area contributed by atoms with E-state index in [1.165, 1.54) is 0 Å². The maximum absolute atomic E-state index is 11.4. The van der Waals surface area contributed by atoms with E-state index in [0.29, 0.717) is 12.5 Å². The second kappa shape index (κ2) is 8.98. The lowest BCUT2D eigenvalue weighted by atomic mass is 10.1. The molecule has 0 rings (SSSR count). The number of hydrogen-bond donors (Lipinski definition) is 3. The fraction of sp³-hybridized carbons (Fsp3) is 0.833. The Bertz CT molecular complexity index is 242. The van der Waals surface area contributed by atoms with Gasteiger partial charge in [0.15, 0.2) is 0 Å². The zero-order valence-electron chi connectivity index (χ0n) is 11.1. The van der Waals surface area contributed by atoms with Crippen molar-refractivity contribution in [2.24, 2.45) is 11.7 Å². The molecule has 0 aromatic carbocycles. The lowest BCUT2D eigenvalue weighted by Gasteiger charge is -2.11. The summed E-state index contributed by atoms with van der Waals surface area (Å²) in [4.78, 5) is 22.7. The third-order valence-electron chi connectivity index (χ3n) is 2.26. The van der Waals surface area contributed by atoms with Crippen LogP contribution in [0.2, 0.25) is 0 Å². The van der Waals surface area contributed by atoms with Gasteiger partial charge in [-0.05, 0) is 12.3 Å². The number of amides is 2. The van der Waals surface area contributed by atoms with Gasteiger partial charge >= 0.3 is 0 Å². The molecule has 4 N–H and O–H groups in total. The average molecular weight is 243 g/mol. The van der Waals surface area contributed by atoms with Crippen LogP contribution in [-0.2, 0) is 9.59 Å². The first kappa shape index (κ1) is 15.9. The average Bonchev–Trinajstić information content (AvgIpc) is 2.23. The Morgan fingerprint density at radius 2 is 1.82 bits per heavy atom. The minimum Gasteiger partial charge on any atom is -0.354 e. The molecule has 1 atom stereocenters. The van der Waals surface area contributed by atoms with E-state index in [4.69, 9.17) is 5.73 Å². The Balaban J connectivity index is 3.65. The van der Waals surface area contributed by atoms with Crippen molar-refractivity contribution >= 4 is 11.8 Å². The van der Waals surface area contributed by atoms with E-state index in [9.17, 15) is 9.59 Å². The van der Waals surface area contributed by atoms with E-state index in [2.05, 4.69) is 10.6 Å². The number of rotatable bonds is 8. The van der Waals surface area contributed by atoms with E-state index in [1.54, 1.807) is 0 Å². The number of nitrogens with two attached hydrogens (primary N) is 1. The van der Waals surface area contributed by atoms with Gasteiger partial charge in [-0.2, -0.15) is 0 Å². The fourth-order valence-electron chi connectivity index (χ4n) is 1.34. The molecule has 0 spiro atoms. The van der Waals surface area contributed by atoms with Gasteiger partial charge in [0.05, 0.1) is 6.54 Å². The molecule has 5 heteroatoms. The van der Waals surface area contributed by atoms with Gasteiger partial charge < -0.3 is 16.4 Å². The van der Waals surface area contributed by atoms with Crippen LogP contribution < -0.4 is 16.4 Å². The van der Waals surface area contributed by atoms with Crippen LogP contribution in [0.1, 0.15) is 40.0 Å². The Kier molecular flexibility index (Phi) is 8.40. The molecule has 0 fully saturated rings. The van der Waals surface area contributed by atoms with E-state index in [-0.39, 0.29) is 30.8 Å². The van der Waals surface area contributed by atoms with E-state index < -0.39 is 0 Å². The molecule has 1 unspecified atom stereocenters. The first-order valence-corrected chi connectivity index (χ1v) is 6.24. The highest BCUT2D eigenvalue weighted by Gasteiger charge is 2.09. The maximum atomic E-state index is 11.4. The van der Waals surface area contributed by atoms with Crippen LogP contribution in [0.4, 0.5) is 0 Å². The van der Waals surface area contributed by atoms with Gasteiger partial charge in [0, 0.05) is 19.0 Å². The molecule has 0 aromatic rings. The summed E-state index contributed by atoms with van der Waals surface area (Å²) in [7, 11) is 0. The van der Waals surface area contributed by atoms with Crippen LogP contribution in [-0.4, -0.2) is 30.9 Å². The van der Waals surface area contributed by atoms with Gasteiger partial charge in [-0.3, -0.25) is 9.59 Å². The summed E-state index contributed by atoms with van der Waals surface area (Å²) in [6, 6.07) is -0.112. The minimum absolute atomic E-state index is 0.0321. The van der Waals surface area contributed by atoms with Gasteiger partial charge in [-0.15, -0.1) is 0 Å². The van der Waals surface area contributed by atoms with Gasteiger partial charge in [-0.25, -0.2) is 0 Å². The normalized spacial score (nSPS) is 12.3. The predicted molar refractivity (Wildman–Crippen MR) is 68.4 cm³/mol. The summed E-state index contributed by atoms with van der Waals surface area (Å²) >= 11 is 0. The van der Waals surface area contributed by atoms with Crippen LogP contribution in [0.25, 0.3) is 0 Å². The molecule has 5 nitrogen and oxygen atoms in total. The largest absolute Gasteiger partial charge is 0.354 e. The van der Waals surface area contributed by atoms with Gasteiger partial charge in [0.25, 0.3) is 0 Å². The maximum Gasteiger partial charge on any atom is 0.239 e. The van der Waals surface area contributed by atoms with Crippen molar-refractivity contribution in [3.05, 3.63) is 0 Å². The van der Waals surface area contributed by atoms with E-state index in [0.717, 1.165) is 12.8 Å². The van der Waals surface area contributed by atoms with Crippen LogP contribution >= 0.6 is 0 Å². The molecule has 0 radical (unpaired) electrons. The molecule has 0 bridgehead atoms. The second-order valence-corrected chi connectivity index (χ2v) is 4.73. The van der Waals surface area contributed by atoms with Gasteiger partial charge in [0.1, 0.15) is 0 Å². The molecule has 100 valence electrons. The molecule has 0 aliphatic heterocycles. The van der Waals surface area contributed by atoms with E-state index in [1.807, 2.05) is 20.8 Å². The minimum atomic E-state index is -0.161. The van der Waals surface area contributed by atoms with Crippen molar-refractivity contribution in [2.45, 2.75) is 46.1 Å². The van der Waals surface area contributed by atoms with Crippen molar-refractivity contribution in [1.82, 2.24) is 10.6 Å². The second-order valence-electron chi connectivity index (χ2n) is 4.73. The molecule has 2 amide bonds. The summed E-state index contributed by atoms with van der Waals surface area (Å²) in [5.74, 6) is 0.0920. The summed E-state index contributed by atoms with van der Waals surface area (Å²) in [5.41, 5.74) is 5.73. The standard InChI is InChI=1S/C12H25N3O2/c1-4-5-10(13)6-11(16)15-8-12(17)14-7-9(2)3/h9-10H,4-8,13H2,1-3H3,(H,14,17)(H,15,16). The van der Waals surface area contributed by atoms with Crippen molar-refractivity contribution in [3.63, 3.8) is 0 Å². The smallest absolute Gasteiger partial charge is 0.239 e. The Morgan fingerprint density at radius 3 is 2.35 bits per heavy atom. The molecule has 0 aliphatic rings. The monoisotopic (exact) mass is 243 g/mol. The highest BCUT2D eigenvalue weighted by atomic mass is 16.2. The zero-order valence-corrected chi connectivity index (χ0v) is 11.1. The molecule has 0 aliphatic carbocycles. The molecule has 0 heterocycles. The highest BCUT2D eigenvalue weighted by molar-refractivity contribution is 5.84. The van der Waals surface area contributed by atoms with Crippen LogP contribution in [0.5, 0.6) is 0 Å². The number of carbonyl (C=O) groups excluding carboxylic acids is 2. The molecule has 0 saturated heterocycles. The molecule has 17 heavy (non-hydrogen) atoms. The van der Waals surface area contributed by atoms with Gasteiger partial charge in [0.2, 0.25) is 11.8 Å². The summed E-state index contributed by atoms with van der Waals surface area (Å²) in [5, 5.41) is 5.30. The number of hydrogen-bond acceptors (Lipinski definition) is 3. The first-order chi connectivity index (χ1) is 7.95. The van der Waals surface area contributed by atoms with Crippen LogP contribution in [0.3, 0.4) is 0 Å². The molecular formula is C12H25N3O2. The van der Waals surface area contributed by atoms with Crippen LogP contribution in [0.15, 0.2) is 0 Å². The molecular weight excluding hydrogens is 218 g/mol. The SMILES string of the molecule is CCCC(N)CC(=O)NCC(=O)NCC(C)C. The topological polar surface area (TPSA) is 84.2 Å². The Labute approximate surface area is 104 Å². The summed E-state index contributed by atoms with van der Waals surface area (Å²) in [6.45, 7) is 6.72. The third-order valence-corrected chi connectivity index (χ3v) is 2.26. The number of carbonyl (C=O) groups is 2. The van der Waals surface area contributed by atoms with Crippen molar-refractivity contribution < 1.29 is 9.59 Å². The summed E-state index contributed by atoms with van der Waals surface area (Å²) < 4.78 is 0. The quantitative estimate of drug-likeness (QED) is 0.576. The van der Waals surface area contributed by atoms with E-state index >= 15 is 0 Å². The highest BCUT2D eigenvalue weighted by Crippen LogP contribution is 1.97. The summed E-state index contributed by atoms with van der Waals surface area (Å²) in [6.07, 6.45) is 2.07. The third kappa shape index (κ3) is 9.81. The first-order valence-electron chi connectivity index (χ1n) is 6.24. The lowest BCUT2D eigenvalue weighted by Crippen LogP contribution is -2.40. The van der Waals surface area contributed by atoms with Crippen molar-refractivity contribution in [2.75, 3.05) is 13.1 Å². The van der Waals surface area contributed by atoms with Gasteiger partial charge in [-0.1, -0.05) is 27.2 Å². The van der Waals surface area contributed by atoms with Crippen LogP contribution in [0, 0.1) is 5.92 Å². The number of nitrogens with one attached hydrogen (secondary N) is 2. The zero-order chi connectivity index (χ0) is 13.3. The lowest BCUT2D eigenvalue weighted by molar-refractivity contribution is -0.126. The predicted octanol–water partition coefficient (Wildman–Crippen LogP) is 0.392. The Morgan fingerprint density at radius 1 is 1.18 bits per heavy atom. The fourth-order valence-corrected chi connectivity index (χ4v) is 1.34. The van der Waals surface area contributed by atoms with Crippen molar-refractivity contribution in [1.29, 1.82) is 0 Å². The molecule has 0 aromatic heterocycles.